The molecule has 0 radical (unpaired) electrons. The first kappa shape index (κ1) is 32.0. The predicted molar refractivity (Wildman–Crippen MR) is 175 cm³/mol. The largest absolute Gasteiger partial charge is 0.450 e. The van der Waals surface area contributed by atoms with Crippen LogP contribution in [0.25, 0.3) is 22.3 Å². The molecule has 1 aliphatic carbocycles. The maximum absolute atomic E-state index is 15.4. The van der Waals surface area contributed by atoms with E-state index >= 15 is 8.78 Å². The van der Waals surface area contributed by atoms with E-state index in [4.69, 9.17) is 21.7 Å². The Morgan fingerprint density at radius 3 is 2.52 bits per heavy atom. The summed E-state index contributed by atoms with van der Waals surface area (Å²) in [7, 11) is -1.27. The summed E-state index contributed by atoms with van der Waals surface area (Å²) in [5.41, 5.74) is 2.12. The third kappa shape index (κ3) is 7.28. The molecule has 0 saturated heterocycles. The van der Waals surface area contributed by atoms with Gasteiger partial charge in [0.05, 0.1) is 17.7 Å². The summed E-state index contributed by atoms with van der Waals surface area (Å²) in [6.07, 6.45) is 7.01. The van der Waals surface area contributed by atoms with Gasteiger partial charge in [0.2, 0.25) is 0 Å². The number of aliphatic hydroxyl groups is 1. The van der Waals surface area contributed by atoms with E-state index in [1.807, 2.05) is 35.4 Å². The van der Waals surface area contributed by atoms with E-state index < -0.39 is 25.5 Å². The van der Waals surface area contributed by atoms with Crippen molar-refractivity contribution in [3.63, 3.8) is 0 Å². The molecule has 4 aromatic rings. The molecule has 3 heterocycles. The van der Waals surface area contributed by atoms with Crippen molar-refractivity contribution in [2.24, 2.45) is 5.41 Å². The van der Waals surface area contributed by atoms with Crippen LogP contribution in [0.15, 0.2) is 42.9 Å². The zero-order valence-corrected chi connectivity index (χ0v) is 27.6. The maximum Gasteiger partial charge on any atom is 0.198 e. The average molecular weight is 643 g/mol. The van der Waals surface area contributed by atoms with Gasteiger partial charge in [-0.3, -0.25) is 4.68 Å². The smallest absolute Gasteiger partial charge is 0.198 e. The number of aliphatic hydroxyl groups excluding tert-OH is 1. The van der Waals surface area contributed by atoms with Gasteiger partial charge in [0, 0.05) is 74.7 Å². The molecule has 0 atom stereocenters. The van der Waals surface area contributed by atoms with Gasteiger partial charge < -0.3 is 29.8 Å². The van der Waals surface area contributed by atoms with Gasteiger partial charge in [-0.25, -0.2) is 13.8 Å². The Hall–Kier alpha value is -3.39. The second-order valence-corrected chi connectivity index (χ2v) is 19.0. The number of rotatable bonds is 13. The molecule has 236 valence electrons. The fraction of sp³-hybridized carbons (Fsp3) is 0.452. The van der Waals surface area contributed by atoms with E-state index in [2.05, 4.69) is 40.4 Å². The molecule has 5 rings (SSSR count). The number of anilines is 1. The summed E-state index contributed by atoms with van der Waals surface area (Å²) in [5, 5.41) is 20.6. The number of fused-ring (bicyclic) bond motifs is 1. The van der Waals surface area contributed by atoms with Crippen LogP contribution in [-0.2, 0) is 11.5 Å². The Balaban J connectivity index is 1.44. The van der Waals surface area contributed by atoms with Crippen molar-refractivity contribution in [3.05, 3.63) is 54.5 Å². The van der Waals surface area contributed by atoms with Crippen LogP contribution in [0.5, 0.6) is 11.5 Å². The van der Waals surface area contributed by atoms with E-state index in [1.165, 1.54) is 0 Å². The van der Waals surface area contributed by atoms with Crippen LogP contribution >= 0.6 is 12.2 Å². The van der Waals surface area contributed by atoms with Crippen molar-refractivity contribution >= 4 is 42.1 Å². The number of pyridine rings is 1. The number of aromatic nitrogens is 4. The predicted octanol–water partition coefficient (Wildman–Crippen LogP) is 6.92. The first-order valence-electron chi connectivity index (χ1n) is 14.8. The van der Waals surface area contributed by atoms with Gasteiger partial charge in [0.25, 0.3) is 0 Å². The zero-order chi connectivity index (χ0) is 31.6. The first-order chi connectivity index (χ1) is 20.9. The molecule has 0 unspecified atom stereocenters. The standard InChI is InChI=1S/C31H40F2N6O3SSi/c1-20(2)39-25(6-11-36-39)22-16-38(19-41-12-13-44(3,4)5)29-27(22)26(7-10-34-29)42-28-23(32)14-21(15-24(28)33)37-30(43)35-17-31(18-40)8-9-31/h6-7,10-11,14-16,20,40H,8-9,12-13,17-19H2,1-5H3,(H2,35,37,43). The summed E-state index contributed by atoms with van der Waals surface area (Å²) in [6, 6.07) is 6.85. The highest BCUT2D eigenvalue weighted by atomic mass is 32.1. The van der Waals surface area contributed by atoms with Crippen molar-refractivity contribution in [1.29, 1.82) is 0 Å². The normalized spacial score (nSPS) is 14.3. The molecule has 1 saturated carbocycles. The minimum absolute atomic E-state index is 0.0662. The Morgan fingerprint density at radius 2 is 1.89 bits per heavy atom. The molecule has 0 spiro atoms. The number of thiocarbonyl (C=S) groups is 1. The molecular formula is C31H40F2N6O3SSi. The Kier molecular flexibility index (Phi) is 9.40. The van der Waals surface area contributed by atoms with Gasteiger partial charge >= 0.3 is 0 Å². The number of ether oxygens (including phenoxy) is 2. The maximum atomic E-state index is 15.4. The molecule has 3 aromatic heterocycles. The van der Waals surface area contributed by atoms with E-state index in [0.29, 0.717) is 24.2 Å². The van der Waals surface area contributed by atoms with Gasteiger partial charge in [0.1, 0.15) is 18.1 Å². The van der Waals surface area contributed by atoms with E-state index in [-0.39, 0.29) is 41.3 Å². The van der Waals surface area contributed by atoms with Crippen LogP contribution in [0, 0.1) is 17.0 Å². The van der Waals surface area contributed by atoms with Crippen molar-refractivity contribution < 1.29 is 23.4 Å². The lowest BCUT2D eigenvalue weighted by Crippen LogP contribution is -2.34. The van der Waals surface area contributed by atoms with Crippen LogP contribution in [0.3, 0.4) is 0 Å². The second kappa shape index (κ2) is 12.9. The minimum Gasteiger partial charge on any atom is -0.450 e. The summed E-state index contributed by atoms with van der Waals surface area (Å²) >= 11 is 5.29. The fourth-order valence-electron chi connectivity index (χ4n) is 4.89. The Morgan fingerprint density at radius 1 is 1.16 bits per heavy atom. The van der Waals surface area contributed by atoms with Crippen molar-refractivity contribution in [3.8, 4) is 22.8 Å². The lowest BCUT2D eigenvalue weighted by Gasteiger charge is -2.16. The summed E-state index contributed by atoms with van der Waals surface area (Å²) < 4.78 is 46.6. The number of benzene rings is 1. The molecule has 9 nitrogen and oxygen atoms in total. The SMILES string of the molecule is CC(C)n1nccc1-c1cn(COCC[Si](C)(C)C)c2nccc(Oc3c(F)cc(NC(=S)NCC4(CO)CC4)cc3F)c12. The zero-order valence-electron chi connectivity index (χ0n) is 25.8. The molecule has 0 amide bonds. The summed E-state index contributed by atoms with van der Waals surface area (Å²) in [5.74, 6) is -2.08. The molecule has 1 fully saturated rings. The summed E-state index contributed by atoms with van der Waals surface area (Å²) in [6.45, 7) is 12.4. The number of hydrogen-bond donors (Lipinski definition) is 3. The molecule has 13 heteroatoms. The average Bonchev–Trinajstić information content (AvgIpc) is 3.40. The number of nitrogens with zero attached hydrogens (tertiary/aromatic N) is 4. The first-order valence-corrected chi connectivity index (χ1v) is 18.9. The molecule has 1 aliphatic rings. The molecule has 0 bridgehead atoms. The van der Waals surface area contributed by atoms with Crippen LogP contribution in [-0.4, -0.2) is 57.4 Å². The van der Waals surface area contributed by atoms with Crippen molar-refractivity contribution in [2.45, 2.75) is 65.1 Å². The second-order valence-electron chi connectivity index (χ2n) is 13.0. The van der Waals surface area contributed by atoms with Gasteiger partial charge in [0.15, 0.2) is 22.5 Å². The summed E-state index contributed by atoms with van der Waals surface area (Å²) in [4.78, 5) is 4.60. The molecule has 0 aliphatic heterocycles. The van der Waals surface area contributed by atoms with E-state index in [0.717, 1.165) is 42.3 Å². The molecular weight excluding hydrogens is 603 g/mol. The third-order valence-electron chi connectivity index (χ3n) is 7.77. The molecule has 1 aromatic carbocycles. The van der Waals surface area contributed by atoms with E-state index in [1.54, 1.807) is 18.5 Å². The highest BCUT2D eigenvalue weighted by Gasteiger charge is 2.41. The molecule has 3 N–H and O–H groups in total. The van der Waals surface area contributed by atoms with Crippen LogP contribution < -0.4 is 15.4 Å². The van der Waals surface area contributed by atoms with Crippen molar-refractivity contribution in [2.75, 3.05) is 25.1 Å². The van der Waals surface area contributed by atoms with Gasteiger partial charge in [-0.2, -0.15) is 5.10 Å². The van der Waals surface area contributed by atoms with Gasteiger partial charge in [-0.05, 0) is 57.1 Å². The topological polar surface area (TPSA) is 98.4 Å². The third-order valence-corrected chi connectivity index (χ3v) is 9.72. The number of nitrogens with one attached hydrogen (secondary N) is 2. The molecule has 44 heavy (non-hydrogen) atoms. The minimum atomic E-state index is -1.27. The number of halogens is 2. The van der Waals surface area contributed by atoms with Crippen LogP contribution in [0.1, 0.15) is 32.7 Å². The Labute approximate surface area is 262 Å². The van der Waals surface area contributed by atoms with Gasteiger partial charge in [-0.1, -0.05) is 19.6 Å². The lowest BCUT2D eigenvalue weighted by atomic mass is 10.1. The van der Waals surface area contributed by atoms with Gasteiger partial charge in [-0.15, -0.1) is 0 Å². The lowest BCUT2D eigenvalue weighted by molar-refractivity contribution is 0.0899. The highest BCUT2D eigenvalue weighted by molar-refractivity contribution is 7.80. The monoisotopic (exact) mass is 642 g/mol. The highest BCUT2D eigenvalue weighted by Crippen LogP contribution is 2.44. The van der Waals surface area contributed by atoms with Crippen molar-refractivity contribution in [1.82, 2.24) is 24.6 Å². The van der Waals surface area contributed by atoms with E-state index in [9.17, 15) is 5.11 Å². The quantitative estimate of drug-likeness (QED) is 0.0822. The Bertz CT molecular complexity index is 1620. The number of hydrogen-bond acceptors (Lipinski definition) is 6. The fourth-order valence-corrected chi connectivity index (χ4v) is 5.84. The van der Waals surface area contributed by atoms with Crippen LogP contribution in [0.4, 0.5) is 14.5 Å². The van der Waals surface area contributed by atoms with Crippen LogP contribution in [0.2, 0.25) is 25.7 Å².